The quantitative estimate of drug-likeness (QED) is 0.641. The molecule has 3 nitrogen and oxygen atoms in total. The molecule has 88 valence electrons. The van der Waals surface area contributed by atoms with Crippen LogP contribution >= 0.6 is 0 Å². The van der Waals surface area contributed by atoms with Gasteiger partial charge in [-0.25, -0.2) is 4.98 Å². The Morgan fingerprint density at radius 3 is 2.50 bits per heavy atom. The smallest absolute Gasteiger partial charge is 0.168 e. The van der Waals surface area contributed by atoms with Crippen LogP contribution < -0.4 is 0 Å². The van der Waals surface area contributed by atoms with Gasteiger partial charge in [-0.3, -0.25) is 9.20 Å². The predicted octanol–water partition coefficient (Wildman–Crippen LogP) is 3.12. The van der Waals surface area contributed by atoms with Crippen LogP contribution in [0, 0.1) is 6.92 Å². The molecule has 0 radical (unpaired) electrons. The van der Waals surface area contributed by atoms with Crippen LogP contribution in [0.15, 0.2) is 48.8 Å². The molecule has 3 heteroatoms. The lowest BCUT2D eigenvalue weighted by Gasteiger charge is -2.04. The third-order valence-corrected chi connectivity index (χ3v) is 3.04. The summed E-state index contributed by atoms with van der Waals surface area (Å²) in [5, 5.41) is 0. The van der Waals surface area contributed by atoms with Crippen molar-refractivity contribution in [2.45, 2.75) is 6.92 Å². The highest BCUT2D eigenvalue weighted by molar-refractivity contribution is 5.75. The first kappa shape index (κ1) is 10.7. The lowest BCUT2D eigenvalue weighted by Crippen LogP contribution is -1.91. The summed E-state index contributed by atoms with van der Waals surface area (Å²) in [5.74, 6) is 0. The van der Waals surface area contributed by atoms with Crippen molar-refractivity contribution in [1.82, 2.24) is 9.38 Å². The lowest BCUT2D eigenvalue weighted by atomic mass is 10.1. The molecule has 0 aliphatic rings. The Kier molecular flexibility index (Phi) is 2.45. The van der Waals surface area contributed by atoms with Crippen molar-refractivity contribution in [1.29, 1.82) is 0 Å². The SMILES string of the molecule is Cc1ccc(-c2ccc3ncc(C=O)n3c2)cc1. The normalized spacial score (nSPS) is 10.7. The molecule has 2 heterocycles. The zero-order chi connectivity index (χ0) is 12.5. The number of pyridine rings is 1. The average Bonchev–Trinajstić information content (AvgIpc) is 2.81. The van der Waals surface area contributed by atoms with E-state index < -0.39 is 0 Å². The van der Waals surface area contributed by atoms with E-state index in [4.69, 9.17) is 0 Å². The number of imidazole rings is 1. The van der Waals surface area contributed by atoms with Crippen LogP contribution in [0.25, 0.3) is 16.8 Å². The van der Waals surface area contributed by atoms with E-state index in [2.05, 4.69) is 36.2 Å². The van der Waals surface area contributed by atoms with E-state index in [0.717, 1.165) is 23.1 Å². The number of fused-ring (bicyclic) bond motifs is 1. The second kappa shape index (κ2) is 4.11. The van der Waals surface area contributed by atoms with Gasteiger partial charge in [-0.2, -0.15) is 0 Å². The second-order valence-electron chi connectivity index (χ2n) is 4.31. The zero-order valence-corrected chi connectivity index (χ0v) is 10.00. The third-order valence-electron chi connectivity index (χ3n) is 3.04. The van der Waals surface area contributed by atoms with Crippen LogP contribution in [-0.4, -0.2) is 15.7 Å². The Morgan fingerprint density at radius 1 is 1.06 bits per heavy atom. The summed E-state index contributed by atoms with van der Waals surface area (Å²) in [4.78, 5) is 15.1. The van der Waals surface area contributed by atoms with Gasteiger partial charge in [0.05, 0.1) is 6.20 Å². The van der Waals surface area contributed by atoms with E-state index in [1.165, 1.54) is 5.56 Å². The fourth-order valence-electron chi connectivity index (χ4n) is 2.00. The maximum atomic E-state index is 10.9. The van der Waals surface area contributed by atoms with Gasteiger partial charge < -0.3 is 0 Å². The number of aldehydes is 1. The van der Waals surface area contributed by atoms with Crippen molar-refractivity contribution < 1.29 is 4.79 Å². The van der Waals surface area contributed by atoms with Crippen LogP contribution in [0.4, 0.5) is 0 Å². The number of hydrogen-bond donors (Lipinski definition) is 0. The molecule has 0 fully saturated rings. The van der Waals surface area contributed by atoms with Gasteiger partial charge in [-0.05, 0) is 30.2 Å². The summed E-state index contributed by atoms with van der Waals surface area (Å²) >= 11 is 0. The molecule has 3 rings (SSSR count). The fraction of sp³-hybridized carbons (Fsp3) is 0.0667. The highest BCUT2D eigenvalue weighted by Gasteiger charge is 2.04. The van der Waals surface area contributed by atoms with E-state index in [1.54, 1.807) is 6.20 Å². The van der Waals surface area contributed by atoms with Gasteiger partial charge >= 0.3 is 0 Å². The number of benzene rings is 1. The molecule has 0 aliphatic carbocycles. The molecular formula is C15H12N2O. The molecule has 3 aromatic rings. The van der Waals surface area contributed by atoms with Crippen molar-refractivity contribution >= 4 is 11.9 Å². The summed E-state index contributed by atoms with van der Waals surface area (Å²) in [7, 11) is 0. The van der Waals surface area contributed by atoms with E-state index in [1.807, 2.05) is 22.7 Å². The number of carbonyl (C=O) groups is 1. The van der Waals surface area contributed by atoms with Crippen LogP contribution in [0.5, 0.6) is 0 Å². The lowest BCUT2D eigenvalue weighted by molar-refractivity contribution is 0.111. The largest absolute Gasteiger partial charge is 0.297 e. The van der Waals surface area contributed by atoms with Gasteiger partial charge in [0.25, 0.3) is 0 Å². The summed E-state index contributed by atoms with van der Waals surface area (Å²) in [5.41, 5.74) is 4.79. The minimum absolute atomic E-state index is 0.568. The fourth-order valence-corrected chi connectivity index (χ4v) is 2.00. The average molecular weight is 236 g/mol. The Balaban J connectivity index is 2.17. The van der Waals surface area contributed by atoms with Gasteiger partial charge in [0.2, 0.25) is 0 Å². The van der Waals surface area contributed by atoms with Crippen LogP contribution in [-0.2, 0) is 0 Å². The molecule has 0 N–H and O–H groups in total. The van der Waals surface area contributed by atoms with Crippen LogP contribution in [0.1, 0.15) is 16.1 Å². The first-order valence-corrected chi connectivity index (χ1v) is 5.77. The number of hydrogen-bond acceptors (Lipinski definition) is 2. The van der Waals surface area contributed by atoms with Gasteiger partial charge in [0.1, 0.15) is 11.3 Å². The predicted molar refractivity (Wildman–Crippen MR) is 70.8 cm³/mol. The van der Waals surface area contributed by atoms with Gasteiger partial charge in [0.15, 0.2) is 6.29 Å². The van der Waals surface area contributed by atoms with Crippen molar-refractivity contribution in [3.63, 3.8) is 0 Å². The molecule has 1 aromatic carbocycles. The van der Waals surface area contributed by atoms with Crippen molar-refractivity contribution in [2.75, 3.05) is 0 Å². The molecule has 0 saturated carbocycles. The monoisotopic (exact) mass is 236 g/mol. The van der Waals surface area contributed by atoms with E-state index >= 15 is 0 Å². The maximum absolute atomic E-state index is 10.9. The Hall–Kier alpha value is -2.42. The molecule has 0 atom stereocenters. The first-order valence-electron chi connectivity index (χ1n) is 5.77. The molecule has 0 bridgehead atoms. The molecule has 0 aliphatic heterocycles. The summed E-state index contributed by atoms with van der Waals surface area (Å²) < 4.78 is 1.81. The van der Waals surface area contributed by atoms with Crippen molar-refractivity contribution in [3.8, 4) is 11.1 Å². The van der Waals surface area contributed by atoms with E-state index in [0.29, 0.717) is 5.69 Å². The molecule has 0 spiro atoms. The Morgan fingerprint density at radius 2 is 1.78 bits per heavy atom. The number of aromatic nitrogens is 2. The van der Waals surface area contributed by atoms with Gasteiger partial charge in [-0.1, -0.05) is 29.8 Å². The molecule has 0 amide bonds. The number of carbonyl (C=O) groups excluding carboxylic acids is 1. The zero-order valence-electron chi connectivity index (χ0n) is 10.00. The number of nitrogens with zero attached hydrogens (tertiary/aromatic N) is 2. The first-order chi connectivity index (χ1) is 8.78. The van der Waals surface area contributed by atoms with E-state index in [-0.39, 0.29) is 0 Å². The summed E-state index contributed by atoms with van der Waals surface area (Å²) in [6.07, 6.45) is 4.34. The van der Waals surface area contributed by atoms with Crippen LogP contribution in [0.3, 0.4) is 0 Å². The van der Waals surface area contributed by atoms with Gasteiger partial charge in [-0.15, -0.1) is 0 Å². The topological polar surface area (TPSA) is 34.4 Å². The Bertz CT molecular complexity index is 711. The number of rotatable bonds is 2. The van der Waals surface area contributed by atoms with Crippen molar-refractivity contribution in [2.24, 2.45) is 0 Å². The summed E-state index contributed by atoms with van der Waals surface area (Å²) in [6, 6.07) is 12.2. The molecular weight excluding hydrogens is 224 g/mol. The van der Waals surface area contributed by atoms with Gasteiger partial charge in [0, 0.05) is 6.20 Å². The highest BCUT2D eigenvalue weighted by atomic mass is 16.1. The molecule has 0 unspecified atom stereocenters. The van der Waals surface area contributed by atoms with Crippen LogP contribution in [0.2, 0.25) is 0 Å². The minimum atomic E-state index is 0.568. The summed E-state index contributed by atoms with van der Waals surface area (Å²) in [6.45, 7) is 2.06. The number of aryl methyl sites for hydroxylation is 1. The molecule has 18 heavy (non-hydrogen) atoms. The standard InChI is InChI=1S/C15H12N2O/c1-11-2-4-12(5-3-11)13-6-7-15-16-8-14(10-18)17(15)9-13/h2-10H,1H3. The third kappa shape index (κ3) is 1.70. The Labute approximate surface area is 105 Å². The minimum Gasteiger partial charge on any atom is -0.297 e. The van der Waals surface area contributed by atoms with E-state index in [9.17, 15) is 4.79 Å². The second-order valence-corrected chi connectivity index (χ2v) is 4.31. The maximum Gasteiger partial charge on any atom is 0.168 e. The molecule has 2 aromatic heterocycles. The molecule has 0 saturated heterocycles. The highest BCUT2D eigenvalue weighted by Crippen LogP contribution is 2.20. The van der Waals surface area contributed by atoms with Crippen molar-refractivity contribution in [3.05, 3.63) is 60.0 Å².